The van der Waals surface area contributed by atoms with E-state index in [9.17, 15) is 14.4 Å². The van der Waals surface area contributed by atoms with E-state index in [1.54, 1.807) is 0 Å². The normalized spacial score (nSPS) is 13.3. The number of allylic oxidation sites excluding steroid dienone is 28. The van der Waals surface area contributed by atoms with Crippen LogP contribution in [0.2, 0.25) is 0 Å². The van der Waals surface area contributed by atoms with E-state index < -0.39 is 6.10 Å². The monoisotopic (exact) mass is 1070 g/mol. The van der Waals surface area contributed by atoms with Gasteiger partial charge in [0.1, 0.15) is 13.2 Å². The molecule has 0 amide bonds. The van der Waals surface area contributed by atoms with E-state index in [1.807, 2.05) is 0 Å². The zero-order valence-corrected chi connectivity index (χ0v) is 49.9. The molecule has 436 valence electrons. The van der Waals surface area contributed by atoms with Crippen LogP contribution < -0.4 is 0 Å². The molecule has 0 aliphatic heterocycles. The summed E-state index contributed by atoms with van der Waals surface area (Å²) in [6.45, 7) is 6.32. The van der Waals surface area contributed by atoms with Gasteiger partial charge in [-0.1, -0.05) is 262 Å². The van der Waals surface area contributed by atoms with Crippen LogP contribution in [0.4, 0.5) is 0 Å². The Labute approximate surface area is 479 Å². The molecule has 0 aliphatic rings. The summed E-state index contributed by atoms with van der Waals surface area (Å²) in [7, 11) is 0. The number of unbranched alkanes of at least 4 members (excludes halogenated alkanes) is 15. The first-order valence-electron chi connectivity index (χ1n) is 31.1. The molecule has 1 unspecified atom stereocenters. The minimum Gasteiger partial charge on any atom is -0.462 e. The number of ether oxygens (including phenoxy) is 3. The summed E-state index contributed by atoms with van der Waals surface area (Å²) in [6, 6.07) is 0. The highest BCUT2D eigenvalue weighted by atomic mass is 16.6. The Morgan fingerprint density at radius 3 is 0.782 bits per heavy atom. The number of hydrogen-bond donors (Lipinski definition) is 0. The molecule has 0 spiro atoms. The molecule has 0 aliphatic carbocycles. The van der Waals surface area contributed by atoms with Crippen molar-refractivity contribution in [3.8, 4) is 0 Å². The summed E-state index contributed by atoms with van der Waals surface area (Å²) in [5.74, 6) is -1.01. The second-order valence-electron chi connectivity index (χ2n) is 19.9. The minimum atomic E-state index is -0.824. The molecule has 0 fully saturated rings. The summed E-state index contributed by atoms with van der Waals surface area (Å²) in [4.78, 5) is 38.1. The number of hydrogen-bond acceptors (Lipinski definition) is 6. The van der Waals surface area contributed by atoms with Gasteiger partial charge in [-0.15, -0.1) is 0 Å². The first kappa shape index (κ1) is 72.8. The molecule has 6 heteroatoms. The quantitative estimate of drug-likeness (QED) is 0.0261. The molecule has 0 aromatic heterocycles. The predicted octanol–water partition coefficient (Wildman–Crippen LogP) is 21.5. The van der Waals surface area contributed by atoms with Crippen LogP contribution in [0.15, 0.2) is 170 Å². The van der Waals surface area contributed by atoms with Gasteiger partial charge in [0.25, 0.3) is 0 Å². The number of rotatable bonds is 54. The first-order valence-corrected chi connectivity index (χ1v) is 31.1. The SMILES string of the molecule is CC/C=C\C/C=C\C/C=C\C/C=C\C/C=C\C/C=C\C/C=C\C/C=C\C/C=C\C/C=C\CCCCC(=O)OCC(COC(=O)CCCCCCCCCCCCCC)OC(=O)CCCC/C=C\C/C=C\C/C=C\C/C=C\CC. The molecule has 6 nitrogen and oxygen atoms in total. The number of carbonyl (C=O) groups is 3. The Balaban J connectivity index is 4.41. The average Bonchev–Trinajstić information content (AvgIpc) is 3.44. The van der Waals surface area contributed by atoms with Gasteiger partial charge in [-0.25, -0.2) is 0 Å². The van der Waals surface area contributed by atoms with Gasteiger partial charge in [-0.05, 0) is 135 Å². The van der Waals surface area contributed by atoms with Gasteiger partial charge in [0.05, 0.1) is 0 Å². The smallest absolute Gasteiger partial charge is 0.306 e. The van der Waals surface area contributed by atoms with Crippen LogP contribution in [0.25, 0.3) is 0 Å². The Bertz CT molecular complexity index is 1810. The number of esters is 3. The summed E-state index contributed by atoms with van der Waals surface area (Å²) < 4.78 is 16.8. The first-order chi connectivity index (χ1) is 38.5. The lowest BCUT2D eigenvalue weighted by Crippen LogP contribution is -2.30. The van der Waals surface area contributed by atoms with E-state index in [-0.39, 0.29) is 44.0 Å². The van der Waals surface area contributed by atoms with E-state index in [0.717, 1.165) is 135 Å². The summed E-state index contributed by atoms with van der Waals surface area (Å²) in [5.41, 5.74) is 0. The molecule has 0 aromatic carbocycles. The van der Waals surface area contributed by atoms with Crippen LogP contribution in [0.3, 0.4) is 0 Å². The molecule has 0 saturated carbocycles. The van der Waals surface area contributed by atoms with Crippen LogP contribution >= 0.6 is 0 Å². The third-order valence-electron chi connectivity index (χ3n) is 12.5. The van der Waals surface area contributed by atoms with Gasteiger partial charge in [-0.3, -0.25) is 14.4 Å². The van der Waals surface area contributed by atoms with Gasteiger partial charge in [-0.2, -0.15) is 0 Å². The van der Waals surface area contributed by atoms with Crippen molar-refractivity contribution in [2.75, 3.05) is 13.2 Å². The molecular formula is C72H112O6. The van der Waals surface area contributed by atoms with Crippen LogP contribution in [0, 0.1) is 0 Å². The summed E-state index contributed by atoms with van der Waals surface area (Å²) in [5, 5.41) is 0. The lowest BCUT2D eigenvalue weighted by Gasteiger charge is -2.18. The molecule has 1 atom stereocenters. The summed E-state index contributed by atoms with van der Waals surface area (Å²) in [6.07, 6.45) is 95.1. The Kier molecular flexibility index (Phi) is 60.0. The zero-order valence-electron chi connectivity index (χ0n) is 49.9. The molecule has 0 N–H and O–H groups in total. The van der Waals surface area contributed by atoms with Crippen molar-refractivity contribution in [3.63, 3.8) is 0 Å². The van der Waals surface area contributed by atoms with Crippen molar-refractivity contribution in [2.45, 2.75) is 252 Å². The zero-order chi connectivity index (χ0) is 56.4. The van der Waals surface area contributed by atoms with Crippen molar-refractivity contribution >= 4 is 17.9 Å². The molecule has 0 bridgehead atoms. The van der Waals surface area contributed by atoms with Crippen LogP contribution in [0.1, 0.15) is 245 Å². The lowest BCUT2D eigenvalue weighted by atomic mass is 10.0. The van der Waals surface area contributed by atoms with Crippen molar-refractivity contribution in [1.29, 1.82) is 0 Å². The fraction of sp³-hybridized carbons (Fsp3) is 0.569. The third-order valence-corrected chi connectivity index (χ3v) is 12.5. The molecule has 0 aromatic rings. The standard InChI is InChI=1S/C72H112O6/c1-4-7-10-13-16-19-22-25-27-28-29-30-31-32-33-34-35-36-37-38-39-40-41-42-43-44-46-47-50-53-56-59-62-65-71(74)77-68-69(67-76-70(73)64-61-58-55-52-49-24-21-18-15-12-9-6-3)78-72(75)66-63-60-57-54-51-48-45-26-23-20-17-14-11-8-5-2/h7-8,10-11,16-17,19-20,25-27,29-30,32-33,35-36,38-39,41-42,44-46,50-51,53-54,69H,4-6,9,12-15,18,21-24,28,31,34,37,40,43,47-49,52,55-68H2,1-3H3/b10-7-,11-8-,19-16-,20-17-,27-25-,30-29-,33-32-,36-35-,39-38-,42-41-,45-26-,46-44-,53-50-,54-51-. The predicted molar refractivity (Wildman–Crippen MR) is 338 cm³/mol. The van der Waals surface area contributed by atoms with Gasteiger partial charge in [0.2, 0.25) is 0 Å². The van der Waals surface area contributed by atoms with Crippen molar-refractivity contribution in [1.82, 2.24) is 0 Å². The van der Waals surface area contributed by atoms with E-state index in [2.05, 4.69) is 191 Å². The molecule has 78 heavy (non-hydrogen) atoms. The van der Waals surface area contributed by atoms with Crippen LogP contribution in [-0.4, -0.2) is 37.2 Å². The maximum absolute atomic E-state index is 12.8. The Morgan fingerprint density at radius 1 is 0.269 bits per heavy atom. The molecule has 0 radical (unpaired) electrons. The molecule has 0 saturated heterocycles. The highest BCUT2D eigenvalue weighted by Gasteiger charge is 2.19. The van der Waals surface area contributed by atoms with E-state index >= 15 is 0 Å². The lowest BCUT2D eigenvalue weighted by molar-refractivity contribution is -0.167. The summed E-state index contributed by atoms with van der Waals surface area (Å²) >= 11 is 0. The Morgan fingerprint density at radius 2 is 0.500 bits per heavy atom. The minimum absolute atomic E-state index is 0.114. The highest BCUT2D eigenvalue weighted by molar-refractivity contribution is 5.71. The molecular weight excluding hydrogens is 961 g/mol. The van der Waals surface area contributed by atoms with E-state index in [4.69, 9.17) is 14.2 Å². The second-order valence-corrected chi connectivity index (χ2v) is 19.9. The van der Waals surface area contributed by atoms with Gasteiger partial charge >= 0.3 is 17.9 Å². The molecule has 0 rings (SSSR count). The maximum atomic E-state index is 12.8. The van der Waals surface area contributed by atoms with E-state index in [0.29, 0.717) is 19.3 Å². The van der Waals surface area contributed by atoms with Crippen molar-refractivity contribution < 1.29 is 28.6 Å². The van der Waals surface area contributed by atoms with Crippen LogP contribution in [0.5, 0.6) is 0 Å². The average molecular weight is 1070 g/mol. The Hall–Kier alpha value is -5.23. The third kappa shape index (κ3) is 61.6. The van der Waals surface area contributed by atoms with Crippen molar-refractivity contribution in [3.05, 3.63) is 170 Å². The van der Waals surface area contributed by atoms with Gasteiger partial charge in [0, 0.05) is 19.3 Å². The van der Waals surface area contributed by atoms with E-state index in [1.165, 1.54) is 57.8 Å². The topological polar surface area (TPSA) is 78.9 Å². The second kappa shape index (κ2) is 64.3. The van der Waals surface area contributed by atoms with Gasteiger partial charge < -0.3 is 14.2 Å². The maximum Gasteiger partial charge on any atom is 0.306 e. The fourth-order valence-electron chi connectivity index (χ4n) is 7.87. The largest absolute Gasteiger partial charge is 0.462 e. The number of carbonyl (C=O) groups excluding carboxylic acids is 3. The van der Waals surface area contributed by atoms with Crippen LogP contribution in [-0.2, 0) is 28.6 Å². The fourth-order valence-corrected chi connectivity index (χ4v) is 7.87. The van der Waals surface area contributed by atoms with Gasteiger partial charge in [0.15, 0.2) is 6.10 Å². The molecule has 0 heterocycles. The van der Waals surface area contributed by atoms with Crippen molar-refractivity contribution in [2.24, 2.45) is 0 Å². The highest BCUT2D eigenvalue weighted by Crippen LogP contribution is 2.14.